The number of hydrogen-bond acceptors (Lipinski definition) is 3. The van der Waals surface area contributed by atoms with Crippen LogP contribution < -0.4 is 4.74 Å². The molecule has 0 spiro atoms. The second-order valence-corrected chi connectivity index (χ2v) is 4.83. The SMILES string of the molecule is C=C(C)C(C)c1cc(C=O)ccc1OC1=CCC=CO1. The lowest BCUT2D eigenvalue weighted by atomic mass is 9.93. The summed E-state index contributed by atoms with van der Waals surface area (Å²) in [6.45, 7) is 7.97. The van der Waals surface area contributed by atoms with Crippen molar-refractivity contribution in [3.8, 4) is 5.75 Å². The first kappa shape index (κ1) is 14.1. The summed E-state index contributed by atoms with van der Waals surface area (Å²) < 4.78 is 11.1. The van der Waals surface area contributed by atoms with Crippen LogP contribution in [0.1, 0.15) is 42.1 Å². The molecule has 0 bridgehead atoms. The molecule has 2 rings (SSSR count). The van der Waals surface area contributed by atoms with Crippen molar-refractivity contribution in [2.75, 3.05) is 0 Å². The first-order valence-electron chi connectivity index (χ1n) is 6.56. The highest BCUT2D eigenvalue weighted by molar-refractivity contribution is 5.76. The second-order valence-electron chi connectivity index (χ2n) is 4.83. The number of carbonyl (C=O) groups is 1. The van der Waals surface area contributed by atoms with E-state index in [0.29, 0.717) is 17.3 Å². The molecule has 104 valence electrons. The van der Waals surface area contributed by atoms with Crippen LogP contribution in [0.15, 0.2) is 54.7 Å². The van der Waals surface area contributed by atoms with Gasteiger partial charge in [0.2, 0.25) is 0 Å². The Morgan fingerprint density at radius 2 is 2.30 bits per heavy atom. The maximum absolute atomic E-state index is 10.9. The lowest BCUT2D eigenvalue weighted by Gasteiger charge is -2.19. The van der Waals surface area contributed by atoms with E-state index >= 15 is 0 Å². The van der Waals surface area contributed by atoms with Gasteiger partial charge in [0.15, 0.2) is 0 Å². The number of rotatable bonds is 5. The van der Waals surface area contributed by atoms with Crippen molar-refractivity contribution >= 4 is 6.29 Å². The zero-order valence-corrected chi connectivity index (χ0v) is 11.8. The molecule has 3 heteroatoms. The van der Waals surface area contributed by atoms with Crippen LogP contribution in [0.4, 0.5) is 0 Å². The fourth-order valence-corrected chi connectivity index (χ4v) is 1.89. The molecule has 0 amide bonds. The van der Waals surface area contributed by atoms with E-state index in [-0.39, 0.29) is 5.92 Å². The highest BCUT2D eigenvalue weighted by Crippen LogP contribution is 2.33. The Bertz CT molecular complexity index is 582. The summed E-state index contributed by atoms with van der Waals surface area (Å²) in [5.74, 6) is 1.25. The van der Waals surface area contributed by atoms with Crippen molar-refractivity contribution in [2.45, 2.75) is 26.2 Å². The van der Waals surface area contributed by atoms with Crippen LogP contribution in [0.3, 0.4) is 0 Å². The van der Waals surface area contributed by atoms with Gasteiger partial charge in [-0.3, -0.25) is 4.79 Å². The summed E-state index contributed by atoms with van der Waals surface area (Å²) in [6, 6.07) is 5.36. The Hall–Kier alpha value is -2.29. The fourth-order valence-electron chi connectivity index (χ4n) is 1.89. The molecule has 1 atom stereocenters. The zero-order chi connectivity index (χ0) is 14.5. The Labute approximate surface area is 119 Å². The monoisotopic (exact) mass is 270 g/mol. The summed E-state index contributed by atoms with van der Waals surface area (Å²) in [5, 5.41) is 0. The zero-order valence-electron chi connectivity index (χ0n) is 11.8. The molecule has 0 N–H and O–H groups in total. The molecule has 1 heterocycles. The Kier molecular flexibility index (Phi) is 4.41. The molecule has 1 aliphatic rings. The lowest BCUT2D eigenvalue weighted by Crippen LogP contribution is -2.05. The van der Waals surface area contributed by atoms with Crippen LogP contribution in [0.5, 0.6) is 5.75 Å². The van der Waals surface area contributed by atoms with Crippen molar-refractivity contribution < 1.29 is 14.3 Å². The van der Waals surface area contributed by atoms with Crippen LogP contribution in [0, 0.1) is 0 Å². The largest absolute Gasteiger partial charge is 0.435 e. The normalized spacial score (nSPS) is 15.0. The van der Waals surface area contributed by atoms with Gasteiger partial charge in [0.1, 0.15) is 12.0 Å². The first-order valence-corrected chi connectivity index (χ1v) is 6.56. The fraction of sp³-hybridized carbons (Fsp3) is 0.235. The van der Waals surface area contributed by atoms with E-state index in [1.807, 2.05) is 32.1 Å². The molecule has 0 saturated heterocycles. The van der Waals surface area contributed by atoms with Crippen LogP contribution >= 0.6 is 0 Å². The molecule has 0 aliphatic carbocycles. The summed E-state index contributed by atoms with van der Waals surface area (Å²) in [5.41, 5.74) is 2.57. The van der Waals surface area contributed by atoms with Crippen molar-refractivity contribution in [1.29, 1.82) is 0 Å². The lowest BCUT2D eigenvalue weighted by molar-refractivity contribution is 0.112. The van der Waals surface area contributed by atoms with Crippen LogP contribution in [0.2, 0.25) is 0 Å². The third kappa shape index (κ3) is 3.18. The number of benzene rings is 1. The van der Waals surface area contributed by atoms with Crippen LogP contribution in [0.25, 0.3) is 0 Å². The van der Waals surface area contributed by atoms with E-state index in [1.54, 1.807) is 18.4 Å². The van der Waals surface area contributed by atoms with Crippen molar-refractivity contribution in [3.63, 3.8) is 0 Å². The number of carbonyl (C=O) groups excluding carboxylic acids is 1. The first-order chi connectivity index (χ1) is 9.61. The predicted molar refractivity (Wildman–Crippen MR) is 78.6 cm³/mol. The van der Waals surface area contributed by atoms with Gasteiger partial charge in [0.25, 0.3) is 5.95 Å². The van der Waals surface area contributed by atoms with Gasteiger partial charge in [0, 0.05) is 23.1 Å². The molecule has 1 aromatic rings. The summed E-state index contributed by atoms with van der Waals surface area (Å²) >= 11 is 0. The summed E-state index contributed by atoms with van der Waals surface area (Å²) in [7, 11) is 0. The topological polar surface area (TPSA) is 35.5 Å². The van der Waals surface area contributed by atoms with Gasteiger partial charge >= 0.3 is 0 Å². The minimum atomic E-state index is 0.102. The molecular weight excluding hydrogens is 252 g/mol. The molecule has 1 aromatic carbocycles. The minimum absolute atomic E-state index is 0.102. The molecule has 0 saturated carbocycles. The Balaban J connectivity index is 2.33. The molecular formula is C17H18O3. The van der Waals surface area contributed by atoms with E-state index in [4.69, 9.17) is 9.47 Å². The van der Waals surface area contributed by atoms with E-state index in [9.17, 15) is 4.79 Å². The second kappa shape index (κ2) is 6.24. The van der Waals surface area contributed by atoms with Gasteiger partial charge in [-0.2, -0.15) is 0 Å². The molecule has 0 fully saturated rings. The van der Waals surface area contributed by atoms with Gasteiger partial charge in [-0.1, -0.05) is 19.1 Å². The number of hydrogen-bond donors (Lipinski definition) is 0. The summed E-state index contributed by atoms with van der Waals surface area (Å²) in [4.78, 5) is 10.9. The van der Waals surface area contributed by atoms with E-state index < -0.39 is 0 Å². The smallest absolute Gasteiger partial charge is 0.285 e. The van der Waals surface area contributed by atoms with Crippen molar-refractivity contribution in [1.82, 2.24) is 0 Å². The molecule has 0 radical (unpaired) electrons. The van der Waals surface area contributed by atoms with Gasteiger partial charge in [-0.15, -0.1) is 0 Å². The molecule has 20 heavy (non-hydrogen) atoms. The quantitative estimate of drug-likeness (QED) is 0.590. The standard InChI is InChI=1S/C17H18O3/c1-12(2)13(3)15-10-14(11-18)7-8-16(15)20-17-6-4-5-9-19-17/h5-11,13H,1,4H2,2-3H3. The maximum atomic E-state index is 10.9. The van der Waals surface area contributed by atoms with Crippen molar-refractivity contribution in [2.24, 2.45) is 0 Å². The Morgan fingerprint density at radius 1 is 1.50 bits per heavy atom. The maximum Gasteiger partial charge on any atom is 0.285 e. The minimum Gasteiger partial charge on any atom is -0.435 e. The predicted octanol–water partition coefficient (Wildman–Crippen LogP) is 4.33. The van der Waals surface area contributed by atoms with Gasteiger partial charge in [-0.25, -0.2) is 0 Å². The molecule has 3 nitrogen and oxygen atoms in total. The molecule has 1 unspecified atom stereocenters. The average molecular weight is 270 g/mol. The molecule has 1 aliphatic heterocycles. The summed E-state index contributed by atoms with van der Waals surface area (Å²) in [6.07, 6.45) is 6.99. The van der Waals surface area contributed by atoms with Gasteiger partial charge in [-0.05, 0) is 37.6 Å². The number of ether oxygens (including phenoxy) is 2. The Morgan fingerprint density at radius 3 is 2.90 bits per heavy atom. The third-order valence-electron chi connectivity index (χ3n) is 3.29. The molecule has 0 aromatic heterocycles. The number of allylic oxidation sites excluding steroid dienone is 3. The van der Waals surface area contributed by atoms with E-state index in [1.165, 1.54) is 0 Å². The van der Waals surface area contributed by atoms with Crippen LogP contribution in [-0.4, -0.2) is 6.29 Å². The van der Waals surface area contributed by atoms with Crippen molar-refractivity contribution in [3.05, 3.63) is 65.8 Å². The highest BCUT2D eigenvalue weighted by Gasteiger charge is 2.15. The van der Waals surface area contributed by atoms with Gasteiger partial charge < -0.3 is 9.47 Å². The van der Waals surface area contributed by atoms with E-state index in [0.717, 1.165) is 23.8 Å². The third-order valence-corrected chi connectivity index (χ3v) is 3.29. The van der Waals surface area contributed by atoms with E-state index in [2.05, 4.69) is 6.58 Å². The van der Waals surface area contributed by atoms with Gasteiger partial charge in [0.05, 0.1) is 6.26 Å². The highest BCUT2D eigenvalue weighted by atomic mass is 16.7. The average Bonchev–Trinajstić information content (AvgIpc) is 2.48. The number of aldehydes is 1. The van der Waals surface area contributed by atoms with Crippen LogP contribution in [-0.2, 0) is 4.74 Å².